The largest absolute Gasteiger partial charge is 0.356 e. The van der Waals surface area contributed by atoms with Crippen LogP contribution in [0.1, 0.15) is 37.8 Å². The third-order valence-corrected chi connectivity index (χ3v) is 13.1. The molecule has 1 aliphatic rings. The second-order valence-corrected chi connectivity index (χ2v) is 16.0. The molecule has 282 valence electrons. The van der Waals surface area contributed by atoms with Crippen molar-refractivity contribution in [2.75, 3.05) is 10.2 Å². The lowest BCUT2D eigenvalue weighted by molar-refractivity contribution is 0.491. The zero-order valence-corrected chi connectivity index (χ0v) is 33.4. The summed E-state index contributed by atoms with van der Waals surface area (Å²) in [6.07, 6.45) is 2.08. The van der Waals surface area contributed by atoms with Gasteiger partial charge in [0.1, 0.15) is 0 Å². The second kappa shape index (κ2) is 14.0. The van der Waals surface area contributed by atoms with Crippen LogP contribution in [0.4, 0.5) is 28.4 Å². The van der Waals surface area contributed by atoms with Crippen molar-refractivity contribution in [1.29, 1.82) is 0 Å². The first-order valence-electron chi connectivity index (χ1n) is 21.0. The molecule has 2 heteroatoms. The Hall–Kier alpha value is -7.16. The molecule has 0 atom stereocenters. The van der Waals surface area contributed by atoms with Crippen LogP contribution in [0.3, 0.4) is 0 Å². The van der Waals surface area contributed by atoms with E-state index in [-0.39, 0.29) is 5.41 Å². The monoisotopic (exact) mass is 756 g/mol. The van der Waals surface area contributed by atoms with E-state index in [4.69, 9.17) is 0 Å². The van der Waals surface area contributed by atoms with Crippen molar-refractivity contribution in [2.45, 2.75) is 32.1 Å². The fourth-order valence-electron chi connectivity index (χ4n) is 10.1. The van der Waals surface area contributed by atoms with Gasteiger partial charge < -0.3 is 10.2 Å². The fourth-order valence-corrected chi connectivity index (χ4v) is 10.1. The average Bonchev–Trinajstić information content (AvgIpc) is 3.58. The highest BCUT2D eigenvalue weighted by molar-refractivity contribution is 6.27. The molecule has 0 saturated heterocycles. The summed E-state index contributed by atoms with van der Waals surface area (Å²) in [5, 5.41) is 11.5. The molecule has 1 N–H and O–H groups in total. The molecule has 1 aliphatic carbocycles. The molecule has 0 unspecified atom stereocenters. The molecule has 10 aromatic carbocycles. The predicted octanol–water partition coefficient (Wildman–Crippen LogP) is 16.2. The van der Waals surface area contributed by atoms with Crippen LogP contribution in [-0.2, 0) is 5.41 Å². The van der Waals surface area contributed by atoms with E-state index in [0.717, 1.165) is 41.3 Å². The van der Waals surface area contributed by atoms with Gasteiger partial charge in [0, 0.05) is 33.9 Å². The lowest BCUT2D eigenvalue weighted by Crippen LogP contribution is -2.23. The zero-order chi connectivity index (χ0) is 39.5. The van der Waals surface area contributed by atoms with E-state index in [0.29, 0.717) is 0 Å². The van der Waals surface area contributed by atoms with Crippen molar-refractivity contribution in [1.82, 2.24) is 0 Å². The standard InChI is InChI=1S/C57H44N2/c1-3-57(4-2)53-36-41(26-32-49(53)50-35-27-43(37-54(50)57)58-42-14-8-5-9-15-42)48-31-23-40-24-33-51-47(30-22-39-25-34-52(48)56(40)55(39)51)38-20-28-46(29-21-38)59(44-16-10-6-11-17-44)45-18-12-7-13-19-45/h5-37,58H,3-4H2,1-2H3. The highest BCUT2D eigenvalue weighted by atomic mass is 15.1. The third-order valence-electron chi connectivity index (χ3n) is 13.1. The van der Waals surface area contributed by atoms with Gasteiger partial charge in [-0.3, -0.25) is 0 Å². The molecule has 0 heterocycles. The Kier molecular flexibility index (Phi) is 8.34. The Labute approximate surface area is 346 Å². The first-order valence-corrected chi connectivity index (χ1v) is 21.0. The summed E-state index contributed by atoms with van der Waals surface area (Å²) in [6.45, 7) is 4.71. The summed E-state index contributed by atoms with van der Waals surface area (Å²) in [5.41, 5.74) is 16.2. The molecule has 0 radical (unpaired) electrons. The number of anilines is 5. The molecule has 0 bridgehead atoms. The number of hydrogen-bond donors (Lipinski definition) is 1. The highest BCUT2D eigenvalue weighted by Gasteiger charge is 2.41. The molecule has 0 spiro atoms. The number of rotatable bonds is 9. The molecular weight excluding hydrogens is 713 g/mol. The molecule has 0 amide bonds. The minimum absolute atomic E-state index is 0.0531. The Bertz CT molecular complexity index is 3090. The predicted molar refractivity (Wildman–Crippen MR) is 252 cm³/mol. The van der Waals surface area contributed by atoms with Crippen molar-refractivity contribution >= 4 is 60.8 Å². The van der Waals surface area contributed by atoms with Crippen molar-refractivity contribution in [3.8, 4) is 33.4 Å². The summed E-state index contributed by atoms with van der Waals surface area (Å²) < 4.78 is 0. The van der Waals surface area contributed by atoms with Crippen LogP contribution >= 0.6 is 0 Å². The number of hydrogen-bond acceptors (Lipinski definition) is 2. The van der Waals surface area contributed by atoms with Gasteiger partial charge in [-0.25, -0.2) is 0 Å². The number of benzene rings is 10. The molecule has 2 nitrogen and oxygen atoms in total. The highest BCUT2D eigenvalue weighted by Crippen LogP contribution is 2.55. The van der Waals surface area contributed by atoms with Crippen LogP contribution in [-0.4, -0.2) is 0 Å². The van der Waals surface area contributed by atoms with E-state index < -0.39 is 0 Å². The van der Waals surface area contributed by atoms with Gasteiger partial charge in [0.2, 0.25) is 0 Å². The molecule has 10 aromatic rings. The number of nitrogens with one attached hydrogen (secondary N) is 1. The van der Waals surface area contributed by atoms with Crippen LogP contribution in [0, 0.1) is 0 Å². The molecule has 0 saturated carbocycles. The molecule has 0 aliphatic heterocycles. The van der Waals surface area contributed by atoms with Gasteiger partial charge in [-0.15, -0.1) is 0 Å². The van der Waals surface area contributed by atoms with E-state index >= 15 is 0 Å². The number of fused-ring (bicyclic) bond motifs is 3. The first-order chi connectivity index (χ1) is 29.1. The van der Waals surface area contributed by atoms with Crippen molar-refractivity contribution < 1.29 is 0 Å². The first kappa shape index (κ1) is 35.0. The van der Waals surface area contributed by atoms with Gasteiger partial charge in [-0.1, -0.05) is 147 Å². The lowest BCUT2D eigenvalue weighted by Gasteiger charge is -2.30. The SMILES string of the molecule is CCC1(CC)c2cc(Nc3ccccc3)ccc2-c2ccc(-c3ccc4ccc5c(-c6ccc(N(c7ccccc7)c7ccccc7)cc6)ccc6ccc3c4c65)cc21. The Morgan fingerprint density at radius 2 is 0.847 bits per heavy atom. The molecular formula is C57H44N2. The van der Waals surface area contributed by atoms with Gasteiger partial charge in [-0.05, 0) is 156 Å². The maximum absolute atomic E-state index is 3.66. The summed E-state index contributed by atoms with van der Waals surface area (Å²) >= 11 is 0. The lowest BCUT2D eigenvalue weighted by atomic mass is 9.73. The van der Waals surface area contributed by atoms with Crippen LogP contribution < -0.4 is 10.2 Å². The minimum atomic E-state index is -0.0531. The normalized spacial score (nSPS) is 12.8. The van der Waals surface area contributed by atoms with Crippen molar-refractivity contribution in [2.24, 2.45) is 0 Å². The van der Waals surface area contributed by atoms with Crippen LogP contribution in [0.2, 0.25) is 0 Å². The van der Waals surface area contributed by atoms with E-state index in [1.807, 2.05) is 0 Å². The summed E-state index contributed by atoms with van der Waals surface area (Å²) in [4.78, 5) is 2.32. The van der Waals surface area contributed by atoms with E-state index in [9.17, 15) is 0 Å². The van der Waals surface area contributed by atoms with Crippen LogP contribution in [0.25, 0.3) is 65.7 Å². The van der Waals surface area contributed by atoms with Crippen LogP contribution in [0.15, 0.2) is 200 Å². The van der Waals surface area contributed by atoms with E-state index in [1.54, 1.807) is 0 Å². The van der Waals surface area contributed by atoms with Gasteiger partial charge >= 0.3 is 0 Å². The topological polar surface area (TPSA) is 15.3 Å². The summed E-state index contributed by atoms with van der Waals surface area (Å²) in [7, 11) is 0. The molecule has 0 fully saturated rings. The Morgan fingerprint density at radius 3 is 1.42 bits per heavy atom. The Balaban J connectivity index is 0.999. The molecule has 59 heavy (non-hydrogen) atoms. The quantitative estimate of drug-likeness (QED) is 0.148. The fraction of sp³-hybridized carbons (Fsp3) is 0.0877. The third kappa shape index (κ3) is 5.62. The maximum atomic E-state index is 3.66. The number of para-hydroxylation sites is 3. The zero-order valence-electron chi connectivity index (χ0n) is 33.4. The molecule has 0 aromatic heterocycles. The summed E-state index contributed by atoms with van der Waals surface area (Å²) in [6, 6.07) is 73.6. The minimum Gasteiger partial charge on any atom is -0.356 e. The Morgan fingerprint density at radius 1 is 0.390 bits per heavy atom. The van der Waals surface area contributed by atoms with Gasteiger partial charge in [-0.2, -0.15) is 0 Å². The summed E-state index contributed by atoms with van der Waals surface area (Å²) in [5.74, 6) is 0. The van der Waals surface area contributed by atoms with Gasteiger partial charge in [0.15, 0.2) is 0 Å². The molecule has 11 rings (SSSR count). The van der Waals surface area contributed by atoms with E-state index in [2.05, 4.69) is 224 Å². The smallest absolute Gasteiger partial charge is 0.0462 e. The van der Waals surface area contributed by atoms with Crippen LogP contribution in [0.5, 0.6) is 0 Å². The second-order valence-electron chi connectivity index (χ2n) is 16.0. The maximum Gasteiger partial charge on any atom is 0.0462 e. The average molecular weight is 757 g/mol. The number of nitrogens with zero attached hydrogens (tertiary/aromatic N) is 1. The van der Waals surface area contributed by atoms with E-state index in [1.165, 1.54) is 76.8 Å². The van der Waals surface area contributed by atoms with Gasteiger partial charge in [0.25, 0.3) is 0 Å². The van der Waals surface area contributed by atoms with Crippen molar-refractivity contribution in [3.63, 3.8) is 0 Å². The van der Waals surface area contributed by atoms with Crippen molar-refractivity contribution in [3.05, 3.63) is 211 Å². The van der Waals surface area contributed by atoms with Gasteiger partial charge in [0.05, 0.1) is 0 Å².